The molecular formula is C26H29BrN2O. The van der Waals surface area contributed by atoms with Gasteiger partial charge in [0.15, 0.2) is 0 Å². The minimum absolute atomic E-state index is 0.122. The summed E-state index contributed by atoms with van der Waals surface area (Å²) in [5, 5.41) is 4.06. The Morgan fingerprint density at radius 3 is 2.67 bits per heavy atom. The molecule has 0 bridgehead atoms. The van der Waals surface area contributed by atoms with Crippen molar-refractivity contribution in [3.63, 3.8) is 0 Å². The number of carbonyl (C=O) groups is 1. The standard InChI is InChI=1S/C26H29BrN2O/c1-2-3-4-5-6-7-8-9-13-20-14-10-17-22(27)24(20)26(30)29-23-18-11-15-21-16-12-19-28-25(21)23/h8-12,14-19H,2-7,13H2,1H3,(H,29,30)/b9-8-. The molecule has 2 aromatic carbocycles. The summed E-state index contributed by atoms with van der Waals surface area (Å²) in [6.45, 7) is 2.24. The zero-order valence-electron chi connectivity index (χ0n) is 17.5. The van der Waals surface area contributed by atoms with Crippen LogP contribution < -0.4 is 5.32 Å². The molecular weight excluding hydrogens is 436 g/mol. The summed E-state index contributed by atoms with van der Waals surface area (Å²) in [5.74, 6) is -0.122. The fourth-order valence-corrected chi connectivity index (χ4v) is 4.16. The first-order valence-corrected chi connectivity index (χ1v) is 11.6. The van der Waals surface area contributed by atoms with Gasteiger partial charge in [-0.05, 0) is 59.0 Å². The van der Waals surface area contributed by atoms with Crippen molar-refractivity contribution in [3.05, 3.63) is 82.5 Å². The average Bonchev–Trinajstić information content (AvgIpc) is 2.76. The first-order chi connectivity index (χ1) is 14.7. The van der Waals surface area contributed by atoms with Crippen molar-refractivity contribution < 1.29 is 4.79 Å². The molecule has 1 aromatic heterocycles. The molecule has 156 valence electrons. The van der Waals surface area contributed by atoms with Gasteiger partial charge < -0.3 is 5.32 Å². The number of rotatable bonds is 10. The van der Waals surface area contributed by atoms with Crippen LogP contribution in [0.5, 0.6) is 0 Å². The molecule has 0 aliphatic rings. The third kappa shape index (κ3) is 6.02. The highest BCUT2D eigenvalue weighted by atomic mass is 79.9. The lowest BCUT2D eigenvalue weighted by Gasteiger charge is -2.12. The van der Waals surface area contributed by atoms with E-state index < -0.39 is 0 Å². The van der Waals surface area contributed by atoms with Gasteiger partial charge in [0.1, 0.15) is 0 Å². The van der Waals surface area contributed by atoms with Crippen LogP contribution in [0.4, 0.5) is 5.69 Å². The third-order valence-electron chi connectivity index (χ3n) is 5.19. The molecule has 1 N–H and O–H groups in total. The van der Waals surface area contributed by atoms with Gasteiger partial charge in [-0.1, -0.05) is 75.1 Å². The Labute approximate surface area is 187 Å². The van der Waals surface area contributed by atoms with Crippen LogP contribution in [-0.4, -0.2) is 10.9 Å². The number of amides is 1. The molecule has 3 aromatic rings. The zero-order valence-corrected chi connectivity index (χ0v) is 19.1. The molecule has 0 atom stereocenters. The SMILES string of the molecule is CCCCCCC/C=C\Cc1cccc(Br)c1C(=O)Nc1cccc2cccnc12. The number of nitrogens with one attached hydrogen (secondary N) is 1. The van der Waals surface area contributed by atoms with Crippen LogP contribution in [0.15, 0.2) is 71.4 Å². The summed E-state index contributed by atoms with van der Waals surface area (Å²) in [5.41, 5.74) is 3.21. The molecule has 0 saturated heterocycles. The van der Waals surface area contributed by atoms with Gasteiger partial charge in [-0.15, -0.1) is 0 Å². The van der Waals surface area contributed by atoms with E-state index in [9.17, 15) is 4.79 Å². The maximum atomic E-state index is 13.1. The van der Waals surface area contributed by atoms with Crippen LogP contribution in [0.1, 0.15) is 61.4 Å². The molecule has 0 fully saturated rings. The van der Waals surface area contributed by atoms with Crippen molar-refractivity contribution in [1.82, 2.24) is 4.98 Å². The molecule has 4 heteroatoms. The largest absolute Gasteiger partial charge is 0.320 e. The summed E-state index contributed by atoms with van der Waals surface area (Å²) in [6.07, 6.45) is 14.5. The highest BCUT2D eigenvalue weighted by molar-refractivity contribution is 9.10. The number of halogens is 1. The number of hydrogen-bond donors (Lipinski definition) is 1. The van der Waals surface area contributed by atoms with E-state index in [2.05, 4.69) is 45.3 Å². The first-order valence-electron chi connectivity index (χ1n) is 10.8. The van der Waals surface area contributed by atoms with Crippen LogP contribution >= 0.6 is 15.9 Å². The molecule has 30 heavy (non-hydrogen) atoms. The molecule has 1 heterocycles. The first kappa shape index (κ1) is 22.2. The maximum absolute atomic E-state index is 13.1. The van der Waals surface area contributed by atoms with Gasteiger partial charge in [0.2, 0.25) is 0 Å². The number of benzene rings is 2. The van der Waals surface area contributed by atoms with Crippen molar-refractivity contribution in [3.8, 4) is 0 Å². The Morgan fingerprint density at radius 1 is 1.00 bits per heavy atom. The predicted octanol–water partition coefficient (Wildman–Crippen LogP) is 7.71. The number of anilines is 1. The number of hydrogen-bond acceptors (Lipinski definition) is 2. The van der Waals surface area contributed by atoms with E-state index in [1.165, 1.54) is 32.1 Å². The highest BCUT2D eigenvalue weighted by Crippen LogP contribution is 2.25. The van der Waals surface area contributed by atoms with E-state index in [1.54, 1.807) is 6.20 Å². The van der Waals surface area contributed by atoms with E-state index in [4.69, 9.17) is 0 Å². The number of carbonyl (C=O) groups excluding carboxylic acids is 1. The number of para-hydroxylation sites is 1. The summed E-state index contributed by atoms with van der Waals surface area (Å²) in [4.78, 5) is 17.6. The second-order valence-electron chi connectivity index (χ2n) is 7.49. The summed E-state index contributed by atoms with van der Waals surface area (Å²) >= 11 is 3.57. The number of pyridine rings is 1. The van der Waals surface area contributed by atoms with Crippen LogP contribution in [0.2, 0.25) is 0 Å². The average molecular weight is 465 g/mol. The number of nitrogens with zero attached hydrogens (tertiary/aromatic N) is 1. The molecule has 3 nitrogen and oxygen atoms in total. The topological polar surface area (TPSA) is 42.0 Å². The van der Waals surface area contributed by atoms with Crippen LogP contribution in [0.3, 0.4) is 0 Å². The highest BCUT2D eigenvalue weighted by Gasteiger charge is 2.16. The van der Waals surface area contributed by atoms with Gasteiger partial charge in [-0.2, -0.15) is 0 Å². The van der Waals surface area contributed by atoms with Crippen LogP contribution in [0, 0.1) is 0 Å². The van der Waals surface area contributed by atoms with Crippen molar-refractivity contribution in [1.29, 1.82) is 0 Å². The minimum Gasteiger partial charge on any atom is -0.320 e. The van der Waals surface area contributed by atoms with Gasteiger partial charge in [0.05, 0.1) is 16.8 Å². The lowest BCUT2D eigenvalue weighted by molar-refractivity contribution is 0.102. The Bertz CT molecular complexity index is 1010. The van der Waals surface area contributed by atoms with E-state index in [0.717, 1.165) is 39.5 Å². The number of aromatic nitrogens is 1. The van der Waals surface area contributed by atoms with Gasteiger partial charge in [-0.25, -0.2) is 0 Å². The van der Waals surface area contributed by atoms with E-state index in [1.807, 2.05) is 48.5 Å². The summed E-state index contributed by atoms with van der Waals surface area (Å²) < 4.78 is 0.804. The van der Waals surface area contributed by atoms with Crippen LogP contribution in [-0.2, 0) is 6.42 Å². The third-order valence-corrected chi connectivity index (χ3v) is 5.85. The summed E-state index contributed by atoms with van der Waals surface area (Å²) in [6, 6.07) is 15.6. The fraction of sp³-hybridized carbons (Fsp3) is 0.308. The van der Waals surface area contributed by atoms with Gasteiger partial charge in [0.25, 0.3) is 5.91 Å². The molecule has 1 amide bonds. The van der Waals surface area contributed by atoms with Crippen molar-refractivity contribution in [2.75, 3.05) is 5.32 Å². The van der Waals surface area contributed by atoms with Crippen LogP contribution in [0.25, 0.3) is 10.9 Å². The molecule has 0 radical (unpaired) electrons. The summed E-state index contributed by atoms with van der Waals surface area (Å²) in [7, 11) is 0. The van der Waals surface area contributed by atoms with Gasteiger partial charge in [-0.3, -0.25) is 9.78 Å². The molecule has 0 spiro atoms. The monoisotopic (exact) mass is 464 g/mol. The molecule has 0 saturated carbocycles. The van der Waals surface area contributed by atoms with Gasteiger partial charge >= 0.3 is 0 Å². The van der Waals surface area contributed by atoms with E-state index >= 15 is 0 Å². The second-order valence-corrected chi connectivity index (χ2v) is 8.34. The maximum Gasteiger partial charge on any atom is 0.257 e. The number of unbranched alkanes of at least 4 members (excludes halogenated alkanes) is 5. The normalized spacial score (nSPS) is 11.3. The fourth-order valence-electron chi connectivity index (χ4n) is 3.58. The molecule has 0 aliphatic carbocycles. The van der Waals surface area contributed by atoms with E-state index in [0.29, 0.717) is 5.56 Å². The Balaban J connectivity index is 1.69. The minimum atomic E-state index is -0.122. The Hall–Kier alpha value is -2.46. The molecule has 3 rings (SSSR count). The lowest BCUT2D eigenvalue weighted by atomic mass is 10.0. The zero-order chi connectivity index (χ0) is 21.2. The predicted molar refractivity (Wildman–Crippen MR) is 130 cm³/mol. The van der Waals surface area contributed by atoms with Crippen molar-refractivity contribution >= 4 is 38.4 Å². The van der Waals surface area contributed by atoms with Gasteiger partial charge in [0, 0.05) is 16.1 Å². The van der Waals surface area contributed by atoms with E-state index in [-0.39, 0.29) is 5.91 Å². The second kappa shape index (κ2) is 11.7. The quantitative estimate of drug-likeness (QED) is 0.246. The lowest BCUT2D eigenvalue weighted by Crippen LogP contribution is -2.15. The molecule has 0 unspecified atom stereocenters. The van der Waals surface area contributed by atoms with Crippen molar-refractivity contribution in [2.24, 2.45) is 0 Å². The Kier molecular flexibility index (Phi) is 8.64. The smallest absolute Gasteiger partial charge is 0.257 e. The Morgan fingerprint density at radius 2 is 1.80 bits per heavy atom. The number of fused-ring (bicyclic) bond motifs is 1. The number of allylic oxidation sites excluding steroid dienone is 2. The van der Waals surface area contributed by atoms with Crippen molar-refractivity contribution in [2.45, 2.75) is 51.9 Å². The molecule has 0 aliphatic heterocycles.